The van der Waals surface area contributed by atoms with Crippen molar-refractivity contribution in [2.45, 2.75) is 19.6 Å². The third kappa shape index (κ3) is 3.58. The molecule has 0 saturated heterocycles. The predicted octanol–water partition coefficient (Wildman–Crippen LogP) is 4.36. The Hall–Kier alpha value is -3.29. The van der Waals surface area contributed by atoms with E-state index in [2.05, 4.69) is 15.0 Å². The zero-order chi connectivity index (χ0) is 19.9. The maximum Gasteiger partial charge on any atom is 0.416 e. The van der Waals surface area contributed by atoms with Gasteiger partial charge in [0.2, 0.25) is 0 Å². The molecule has 8 heteroatoms. The van der Waals surface area contributed by atoms with Crippen molar-refractivity contribution in [2.24, 2.45) is 4.99 Å². The third-order valence-corrected chi connectivity index (χ3v) is 4.58. The van der Waals surface area contributed by atoms with E-state index in [1.165, 1.54) is 12.1 Å². The molecule has 0 spiro atoms. The number of rotatable bonds is 3. The predicted molar refractivity (Wildman–Crippen MR) is 104 cm³/mol. The van der Waals surface area contributed by atoms with Crippen molar-refractivity contribution in [2.75, 3.05) is 12.3 Å². The van der Waals surface area contributed by atoms with Gasteiger partial charge in [0.15, 0.2) is 5.95 Å². The van der Waals surface area contributed by atoms with Crippen molar-refractivity contribution < 1.29 is 13.2 Å². The van der Waals surface area contributed by atoms with Crippen LogP contribution in [0.1, 0.15) is 22.3 Å². The Morgan fingerprint density at radius 3 is 2.82 bits per heavy atom. The average Bonchev–Trinajstić information content (AvgIpc) is 3.02. The Bertz CT molecular complexity index is 1090. The van der Waals surface area contributed by atoms with E-state index in [-0.39, 0.29) is 0 Å². The number of halogens is 3. The molecule has 0 atom stereocenters. The second-order valence-electron chi connectivity index (χ2n) is 6.76. The number of aryl methyl sites for hydroxylation is 1. The van der Waals surface area contributed by atoms with Crippen LogP contribution in [-0.2, 0) is 12.7 Å². The van der Waals surface area contributed by atoms with Crippen molar-refractivity contribution in [1.82, 2.24) is 14.9 Å². The highest BCUT2D eigenvalue weighted by molar-refractivity contribution is 5.86. The number of aliphatic imine (C=N–C) groups is 1. The average molecular weight is 385 g/mol. The van der Waals surface area contributed by atoms with Gasteiger partial charge >= 0.3 is 6.18 Å². The molecule has 0 aliphatic carbocycles. The Morgan fingerprint density at radius 1 is 1.21 bits per heavy atom. The van der Waals surface area contributed by atoms with Crippen LogP contribution in [0, 0.1) is 6.92 Å². The van der Waals surface area contributed by atoms with Crippen LogP contribution in [0.3, 0.4) is 0 Å². The summed E-state index contributed by atoms with van der Waals surface area (Å²) in [7, 11) is 0. The molecule has 1 aliphatic heterocycles. The number of H-pyrrole nitrogens is 1. The fraction of sp³-hybridized carbons (Fsp3) is 0.200. The van der Waals surface area contributed by atoms with Gasteiger partial charge in [-0.15, -0.1) is 0 Å². The molecule has 2 heterocycles. The molecule has 0 bridgehead atoms. The quantitative estimate of drug-likeness (QED) is 0.704. The fourth-order valence-electron chi connectivity index (χ4n) is 3.30. The molecule has 0 amide bonds. The van der Waals surface area contributed by atoms with Gasteiger partial charge in [-0.2, -0.15) is 13.2 Å². The molecule has 1 aromatic heterocycles. The van der Waals surface area contributed by atoms with Gasteiger partial charge in [-0.25, -0.2) is 4.98 Å². The summed E-state index contributed by atoms with van der Waals surface area (Å²) < 4.78 is 38.8. The maximum atomic E-state index is 12.9. The van der Waals surface area contributed by atoms with Crippen LogP contribution in [0.2, 0.25) is 0 Å². The zero-order valence-electron chi connectivity index (χ0n) is 15.1. The number of nitrogens with zero attached hydrogens (tertiary/aromatic N) is 3. The van der Waals surface area contributed by atoms with E-state index < -0.39 is 11.7 Å². The van der Waals surface area contributed by atoms with Crippen LogP contribution in [0.4, 0.5) is 19.1 Å². The summed E-state index contributed by atoms with van der Waals surface area (Å²) >= 11 is 0. The van der Waals surface area contributed by atoms with Crippen molar-refractivity contribution in [3.8, 4) is 0 Å². The lowest BCUT2D eigenvalue weighted by atomic mass is 10.1. The van der Waals surface area contributed by atoms with Crippen molar-refractivity contribution in [3.63, 3.8) is 0 Å². The summed E-state index contributed by atoms with van der Waals surface area (Å²) in [6.45, 7) is 2.83. The first-order chi connectivity index (χ1) is 13.3. The molecule has 0 unspecified atom stereocenters. The first-order valence-electron chi connectivity index (χ1n) is 8.70. The number of alkyl halides is 3. The van der Waals surface area contributed by atoms with Crippen LogP contribution in [0.25, 0.3) is 16.7 Å². The first-order valence-corrected chi connectivity index (χ1v) is 8.70. The number of fused-ring (bicyclic) bond motifs is 1. The van der Waals surface area contributed by atoms with Crippen molar-refractivity contribution >= 4 is 28.9 Å². The van der Waals surface area contributed by atoms with E-state index in [9.17, 15) is 13.2 Å². The number of nitrogen functional groups attached to an aromatic ring is 1. The van der Waals surface area contributed by atoms with Gasteiger partial charge in [-0.05, 0) is 42.3 Å². The number of anilines is 1. The van der Waals surface area contributed by atoms with Crippen LogP contribution in [0.5, 0.6) is 0 Å². The molecule has 0 radical (unpaired) electrons. The smallest absolute Gasteiger partial charge is 0.369 e. The highest BCUT2D eigenvalue weighted by Gasteiger charge is 2.30. The number of aromatic amines is 1. The third-order valence-electron chi connectivity index (χ3n) is 4.58. The second kappa shape index (κ2) is 6.70. The van der Waals surface area contributed by atoms with Gasteiger partial charge in [0, 0.05) is 24.5 Å². The molecule has 144 valence electrons. The highest BCUT2D eigenvalue weighted by Crippen LogP contribution is 2.30. The monoisotopic (exact) mass is 385 g/mol. The summed E-state index contributed by atoms with van der Waals surface area (Å²) in [5.41, 5.74) is 9.90. The molecule has 0 saturated carbocycles. The Balaban J connectivity index is 1.61. The molecule has 3 N–H and O–H groups in total. The Labute approximate surface area is 159 Å². The normalized spacial score (nSPS) is 14.6. The molecule has 2 aromatic carbocycles. The van der Waals surface area contributed by atoms with Gasteiger partial charge in [0.25, 0.3) is 0 Å². The lowest BCUT2D eigenvalue weighted by Crippen LogP contribution is -2.22. The largest absolute Gasteiger partial charge is 0.416 e. The Morgan fingerprint density at radius 2 is 2.04 bits per heavy atom. The summed E-state index contributed by atoms with van der Waals surface area (Å²) in [6.07, 6.45) is -0.733. The van der Waals surface area contributed by atoms with E-state index in [1.54, 1.807) is 12.3 Å². The SMILES string of the molecule is Cc1cc(C2=CN(Cc3cccc(C(F)(F)F)c3)CC=N2)cc2[nH]c(N)nc12. The minimum Gasteiger partial charge on any atom is -0.369 e. The summed E-state index contributed by atoms with van der Waals surface area (Å²) in [5, 5.41) is 0. The van der Waals surface area contributed by atoms with Crippen molar-refractivity contribution in [1.29, 1.82) is 0 Å². The zero-order valence-corrected chi connectivity index (χ0v) is 15.1. The van der Waals surface area contributed by atoms with E-state index in [4.69, 9.17) is 5.73 Å². The lowest BCUT2D eigenvalue weighted by Gasteiger charge is -2.23. The van der Waals surface area contributed by atoms with Gasteiger partial charge in [-0.3, -0.25) is 4.99 Å². The number of nitrogens with one attached hydrogen (secondary N) is 1. The van der Waals surface area contributed by atoms with Crippen LogP contribution >= 0.6 is 0 Å². The summed E-state index contributed by atoms with van der Waals surface area (Å²) in [5.74, 6) is 0.350. The van der Waals surface area contributed by atoms with Gasteiger partial charge in [-0.1, -0.05) is 12.1 Å². The highest BCUT2D eigenvalue weighted by atomic mass is 19.4. The molecule has 28 heavy (non-hydrogen) atoms. The van der Waals surface area contributed by atoms with E-state index in [1.807, 2.05) is 30.2 Å². The molecule has 4 rings (SSSR count). The van der Waals surface area contributed by atoms with Crippen LogP contribution < -0.4 is 5.73 Å². The van der Waals surface area contributed by atoms with Crippen LogP contribution in [0.15, 0.2) is 47.6 Å². The summed E-state index contributed by atoms with van der Waals surface area (Å²) in [4.78, 5) is 13.7. The molecule has 5 nitrogen and oxygen atoms in total. The van der Waals surface area contributed by atoms with E-state index >= 15 is 0 Å². The number of nitrogens with two attached hydrogens (primary N) is 1. The minimum atomic E-state index is -4.35. The standard InChI is InChI=1S/C20H18F3N5/c1-12-7-14(9-16-18(12)27-19(24)26-16)17-11-28(6-5-25-17)10-13-3-2-4-15(8-13)20(21,22)23/h2-5,7-9,11H,6,10H2,1H3,(H3,24,26,27). The van der Waals surface area contributed by atoms with E-state index in [0.29, 0.717) is 24.6 Å². The van der Waals surface area contributed by atoms with Crippen LogP contribution in [-0.4, -0.2) is 27.6 Å². The van der Waals surface area contributed by atoms with Crippen molar-refractivity contribution in [3.05, 3.63) is 64.9 Å². The molecule has 3 aromatic rings. The Kier molecular flexibility index (Phi) is 4.33. The topological polar surface area (TPSA) is 70.3 Å². The number of imidazole rings is 1. The number of aromatic nitrogens is 2. The lowest BCUT2D eigenvalue weighted by molar-refractivity contribution is -0.137. The summed E-state index contributed by atoms with van der Waals surface area (Å²) in [6, 6.07) is 9.28. The number of benzene rings is 2. The van der Waals surface area contributed by atoms with E-state index in [0.717, 1.165) is 33.9 Å². The van der Waals surface area contributed by atoms with Gasteiger partial charge in [0.05, 0.1) is 28.8 Å². The van der Waals surface area contributed by atoms with Gasteiger partial charge in [0.1, 0.15) is 0 Å². The molecule has 0 fully saturated rings. The second-order valence-corrected chi connectivity index (χ2v) is 6.76. The van der Waals surface area contributed by atoms with Gasteiger partial charge < -0.3 is 15.6 Å². The number of hydrogen-bond donors (Lipinski definition) is 2. The molecular formula is C20H18F3N5. The first kappa shape index (κ1) is 18.1. The maximum absolute atomic E-state index is 12.9. The molecule has 1 aliphatic rings. The minimum absolute atomic E-state index is 0.350. The fourth-order valence-corrected chi connectivity index (χ4v) is 3.30. The number of hydrogen-bond acceptors (Lipinski definition) is 4. The molecular weight excluding hydrogens is 367 g/mol.